The van der Waals surface area contributed by atoms with Crippen LogP contribution in [0.4, 0.5) is 0 Å². The van der Waals surface area contributed by atoms with Crippen molar-refractivity contribution in [1.29, 1.82) is 0 Å². The number of aliphatic hydroxyl groups excluding tert-OH is 1. The van der Waals surface area contributed by atoms with Gasteiger partial charge in [0, 0.05) is 13.2 Å². The normalized spacial score (nSPS) is 8.73. The van der Waals surface area contributed by atoms with Crippen molar-refractivity contribution >= 4 is 5.91 Å². The van der Waals surface area contributed by atoms with E-state index in [4.69, 9.17) is 11.5 Å². The number of hydrogen-bond acceptors (Lipinski definition) is 2. The van der Waals surface area contributed by atoms with Crippen LogP contribution in [-0.2, 0) is 4.79 Å². The van der Waals surface area contributed by atoms with Gasteiger partial charge in [-0.25, -0.2) is 0 Å². The van der Waals surface area contributed by atoms with Gasteiger partial charge in [0.1, 0.15) is 0 Å². The summed E-state index contributed by atoms with van der Waals surface area (Å²) in [6, 6.07) is 0. The first-order chi connectivity index (χ1) is 5.31. The van der Waals surface area contributed by atoms with Crippen LogP contribution in [0.15, 0.2) is 0 Å². The summed E-state index contributed by atoms with van der Waals surface area (Å²) < 4.78 is 0. The number of carbonyl (C=O) groups is 1. The third-order valence-corrected chi connectivity index (χ3v) is 1.17. The Morgan fingerprint density at radius 3 is 2.82 bits per heavy atom. The van der Waals surface area contributed by atoms with Gasteiger partial charge in [0.25, 0.3) is 0 Å². The lowest BCUT2D eigenvalue weighted by atomic mass is 10.3. The van der Waals surface area contributed by atoms with Crippen LogP contribution >= 0.6 is 0 Å². The summed E-state index contributed by atoms with van der Waals surface area (Å²) in [6.07, 6.45) is 6.56. The molecule has 0 unspecified atom stereocenters. The topological polar surface area (TPSA) is 49.3 Å². The van der Waals surface area contributed by atoms with Gasteiger partial charge in [-0.05, 0) is 12.8 Å². The predicted molar refractivity (Wildman–Crippen MR) is 42.8 cm³/mol. The SMILES string of the molecule is C#CCC(=O)NCCCCO. The Hall–Kier alpha value is -1.01. The van der Waals surface area contributed by atoms with Crippen molar-refractivity contribution in [3.63, 3.8) is 0 Å². The van der Waals surface area contributed by atoms with Crippen molar-refractivity contribution in [2.24, 2.45) is 0 Å². The Balaban J connectivity index is 3.12. The van der Waals surface area contributed by atoms with Crippen LogP contribution in [0.5, 0.6) is 0 Å². The fraction of sp³-hybridized carbons (Fsp3) is 0.625. The van der Waals surface area contributed by atoms with E-state index in [0.29, 0.717) is 6.54 Å². The van der Waals surface area contributed by atoms with Crippen LogP contribution in [0.2, 0.25) is 0 Å². The number of nitrogens with one attached hydrogen (secondary N) is 1. The van der Waals surface area contributed by atoms with Crippen LogP contribution in [0.3, 0.4) is 0 Å². The van der Waals surface area contributed by atoms with E-state index in [1.54, 1.807) is 0 Å². The molecule has 0 aromatic carbocycles. The number of unbranched alkanes of at least 4 members (excludes halogenated alkanes) is 1. The molecule has 3 heteroatoms. The van der Waals surface area contributed by atoms with Gasteiger partial charge in [-0.3, -0.25) is 4.79 Å². The van der Waals surface area contributed by atoms with Crippen LogP contribution in [0.25, 0.3) is 0 Å². The van der Waals surface area contributed by atoms with E-state index in [9.17, 15) is 4.79 Å². The molecule has 3 nitrogen and oxygen atoms in total. The molecule has 0 aliphatic rings. The van der Waals surface area contributed by atoms with Gasteiger partial charge in [0.2, 0.25) is 5.91 Å². The van der Waals surface area contributed by atoms with Crippen molar-refractivity contribution in [3.8, 4) is 12.3 Å². The van der Waals surface area contributed by atoms with E-state index in [1.807, 2.05) is 0 Å². The molecule has 0 saturated carbocycles. The van der Waals surface area contributed by atoms with Crippen LogP contribution in [0, 0.1) is 12.3 Å². The molecule has 1 amide bonds. The second kappa shape index (κ2) is 7.10. The molecule has 0 bridgehead atoms. The van der Waals surface area contributed by atoms with Crippen molar-refractivity contribution in [1.82, 2.24) is 5.32 Å². The predicted octanol–water partition coefficient (Wildman–Crippen LogP) is -0.102. The molecule has 0 saturated heterocycles. The Morgan fingerprint density at radius 1 is 1.55 bits per heavy atom. The zero-order chi connectivity index (χ0) is 8.53. The Kier molecular flexibility index (Phi) is 6.45. The molecular weight excluding hydrogens is 142 g/mol. The van der Waals surface area contributed by atoms with E-state index >= 15 is 0 Å². The quantitative estimate of drug-likeness (QED) is 0.430. The van der Waals surface area contributed by atoms with Crippen molar-refractivity contribution in [2.45, 2.75) is 19.3 Å². The molecule has 62 valence electrons. The van der Waals surface area contributed by atoms with Crippen LogP contribution in [-0.4, -0.2) is 24.2 Å². The van der Waals surface area contributed by atoms with Gasteiger partial charge < -0.3 is 10.4 Å². The minimum atomic E-state index is -0.120. The highest BCUT2D eigenvalue weighted by atomic mass is 16.2. The molecule has 0 spiro atoms. The van der Waals surface area contributed by atoms with Gasteiger partial charge >= 0.3 is 0 Å². The molecule has 0 aliphatic carbocycles. The second-order valence-corrected chi connectivity index (χ2v) is 2.16. The first kappa shape index (κ1) is 9.99. The highest BCUT2D eigenvalue weighted by molar-refractivity contribution is 5.78. The zero-order valence-corrected chi connectivity index (χ0v) is 6.47. The van der Waals surface area contributed by atoms with Gasteiger partial charge in [-0.2, -0.15) is 0 Å². The van der Waals surface area contributed by atoms with Gasteiger partial charge in [-0.1, -0.05) is 5.92 Å². The molecule has 0 aromatic heterocycles. The van der Waals surface area contributed by atoms with E-state index in [1.165, 1.54) is 0 Å². The largest absolute Gasteiger partial charge is 0.396 e. The number of aliphatic hydroxyl groups is 1. The highest BCUT2D eigenvalue weighted by Crippen LogP contribution is 1.84. The summed E-state index contributed by atoms with van der Waals surface area (Å²) in [7, 11) is 0. The van der Waals surface area contributed by atoms with Gasteiger partial charge in [-0.15, -0.1) is 6.42 Å². The fourth-order valence-corrected chi connectivity index (χ4v) is 0.620. The minimum absolute atomic E-state index is 0.120. The molecular formula is C8H13NO2. The summed E-state index contributed by atoms with van der Waals surface area (Å²) >= 11 is 0. The zero-order valence-electron chi connectivity index (χ0n) is 6.47. The third-order valence-electron chi connectivity index (χ3n) is 1.17. The molecule has 2 N–H and O–H groups in total. The third kappa shape index (κ3) is 6.88. The van der Waals surface area contributed by atoms with Gasteiger partial charge in [0.05, 0.1) is 6.42 Å². The first-order valence-corrected chi connectivity index (χ1v) is 3.62. The smallest absolute Gasteiger partial charge is 0.232 e. The lowest BCUT2D eigenvalue weighted by molar-refractivity contribution is -0.120. The molecule has 0 aliphatic heterocycles. The lowest BCUT2D eigenvalue weighted by Gasteiger charge is -2.00. The molecule has 0 rings (SSSR count). The Morgan fingerprint density at radius 2 is 2.27 bits per heavy atom. The number of carbonyl (C=O) groups excluding carboxylic acids is 1. The number of hydrogen-bond donors (Lipinski definition) is 2. The van der Waals surface area contributed by atoms with E-state index < -0.39 is 0 Å². The monoisotopic (exact) mass is 155 g/mol. The average Bonchev–Trinajstić information content (AvgIpc) is 1.99. The number of amides is 1. The van der Waals surface area contributed by atoms with E-state index in [-0.39, 0.29) is 18.9 Å². The number of rotatable bonds is 5. The molecule has 0 heterocycles. The van der Waals surface area contributed by atoms with Crippen LogP contribution in [0.1, 0.15) is 19.3 Å². The second-order valence-electron chi connectivity index (χ2n) is 2.16. The summed E-state index contributed by atoms with van der Waals surface area (Å²) in [6.45, 7) is 0.770. The molecule has 0 fully saturated rings. The minimum Gasteiger partial charge on any atom is -0.396 e. The Bertz CT molecular complexity index is 149. The Labute approximate surface area is 66.8 Å². The number of terminal acetylenes is 1. The van der Waals surface area contributed by atoms with Crippen molar-refractivity contribution in [3.05, 3.63) is 0 Å². The van der Waals surface area contributed by atoms with Crippen LogP contribution < -0.4 is 5.32 Å². The molecule has 0 radical (unpaired) electrons. The molecule has 0 aromatic rings. The summed E-state index contributed by atoms with van der Waals surface area (Å²) in [5, 5.41) is 11.0. The highest BCUT2D eigenvalue weighted by Gasteiger charge is 1.95. The summed E-state index contributed by atoms with van der Waals surface area (Å²) in [5.74, 6) is 2.13. The van der Waals surface area contributed by atoms with Crippen molar-refractivity contribution in [2.75, 3.05) is 13.2 Å². The molecule has 11 heavy (non-hydrogen) atoms. The van der Waals surface area contributed by atoms with E-state index in [0.717, 1.165) is 12.8 Å². The summed E-state index contributed by atoms with van der Waals surface area (Å²) in [5.41, 5.74) is 0. The summed E-state index contributed by atoms with van der Waals surface area (Å²) in [4.78, 5) is 10.7. The average molecular weight is 155 g/mol. The fourth-order valence-electron chi connectivity index (χ4n) is 0.620. The maximum absolute atomic E-state index is 10.7. The standard InChI is InChI=1S/C8H13NO2/c1-2-5-8(11)9-6-3-4-7-10/h1,10H,3-7H2,(H,9,11). The lowest BCUT2D eigenvalue weighted by Crippen LogP contribution is -2.23. The maximum atomic E-state index is 10.7. The molecule has 0 atom stereocenters. The maximum Gasteiger partial charge on any atom is 0.232 e. The van der Waals surface area contributed by atoms with Crippen molar-refractivity contribution < 1.29 is 9.90 Å². The van der Waals surface area contributed by atoms with E-state index in [2.05, 4.69) is 11.2 Å². The van der Waals surface area contributed by atoms with Gasteiger partial charge in [0.15, 0.2) is 0 Å². The first-order valence-electron chi connectivity index (χ1n) is 3.62.